The van der Waals surface area contributed by atoms with Crippen molar-refractivity contribution in [1.82, 2.24) is 10.1 Å². The predicted octanol–water partition coefficient (Wildman–Crippen LogP) is 3.05. The lowest BCUT2D eigenvalue weighted by atomic mass is 10.2. The molecule has 0 bridgehead atoms. The lowest BCUT2D eigenvalue weighted by Gasteiger charge is -2.14. The molecular weight excluding hydrogens is 298 g/mol. The quantitative estimate of drug-likeness (QED) is 0.940. The standard InChI is InChI=1S/C12H14BrN3O2/c1-3-16(4-2)12-14-11(18-15-12)8-5-6-9(13)10(17)7-8/h5-7,17H,3-4H2,1-2H3. The van der Waals surface area contributed by atoms with Crippen LogP contribution in [0.1, 0.15) is 13.8 Å². The molecule has 0 saturated carbocycles. The van der Waals surface area contributed by atoms with Gasteiger partial charge in [-0.2, -0.15) is 4.98 Å². The number of hydrogen-bond acceptors (Lipinski definition) is 5. The number of rotatable bonds is 4. The van der Waals surface area contributed by atoms with Crippen LogP contribution in [0.25, 0.3) is 11.5 Å². The molecule has 1 N–H and O–H groups in total. The number of anilines is 1. The summed E-state index contributed by atoms with van der Waals surface area (Å²) in [4.78, 5) is 6.31. The molecule has 0 unspecified atom stereocenters. The number of phenols is 1. The summed E-state index contributed by atoms with van der Waals surface area (Å²) in [6.45, 7) is 5.71. The summed E-state index contributed by atoms with van der Waals surface area (Å²) in [6.07, 6.45) is 0. The van der Waals surface area contributed by atoms with Crippen LogP contribution in [0.4, 0.5) is 5.95 Å². The number of aromatic nitrogens is 2. The van der Waals surface area contributed by atoms with Crippen LogP contribution in [0.2, 0.25) is 0 Å². The Kier molecular flexibility index (Phi) is 3.86. The van der Waals surface area contributed by atoms with Crippen LogP contribution in [0, 0.1) is 0 Å². The minimum Gasteiger partial charge on any atom is -0.507 e. The second-order valence-corrected chi connectivity index (χ2v) is 4.59. The minimum atomic E-state index is 0.148. The van der Waals surface area contributed by atoms with Gasteiger partial charge in [0.2, 0.25) is 0 Å². The van der Waals surface area contributed by atoms with Crippen LogP contribution in [0.15, 0.2) is 27.2 Å². The largest absolute Gasteiger partial charge is 0.507 e. The van der Waals surface area contributed by atoms with E-state index in [0.29, 0.717) is 21.9 Å². The van der Waals surface area contributed by atoms with Gasteiger partial charge in [0, 0.05) is 18.7 Å². The highest BCUT2D eigenvalue weighted by Crippen LogP contribution is 2.29. The predicted molar refractivity (Wildman–Crippen MR) is 72.7 cm³/mol. The normalized spacial score (nSPS) is 10.6. The van der Waals surface area contributed by atoms with E-state index in [2.05, 4.69) is 26.1 Å². The fraction of sp³-hybridized carbons (Fsp3) is 0.333. The summed E-state index contributed by atoms with van der Waals surface area (Å²) in [7, 11) is 0. The molecule has 1 aromatic heterocycles. The van der Waals surface area contributed by atoms with Gasteiger partial charge in [-0.05, 0) is 53.1 Å². The van der Waals surface area contributed by atoms with Gasteiger partial charge < -0.3 is 14.5 Å². The molecule has 1 aromatic carbocycles. The monoisotopic (exact) mass is 311 g/mol. The summed E-state index contributed by atoms with van der Waals surface area (Å²) in [5, 5.41) is 13.6. The molecule has 1 heterocycles. The molecule has 0 fully saturated rings. The molecule has 0 saturated heterocycles. The van der Waals surface area contributed by atoms with Crippen molar-refractivity contribution >= 4 is 21.9 Å². The third-order valence-electron chi connectivity index (χ3n) is 2.65. The van der Waals surface area contributed by atoms with Crippen molar-refractivity contribution in [1.29, 1.82) is 0 Å². The molecule has 6 heteroatoms. The number of phenolic OH excluding ortho intramolecular Hbond substituents is 1. The van der Waals surface area contributed by atoms with Crippen molar-refractivity contribution in [3.63, 3.8) is 0 Å². The number of aromatic hydroxyl groups is 1. The molecule has 0 radical (unpaired) electrons. The average Bonchev–Trinajstić information content (AvgIpc) is 2.84. The van der Waals surface area contributed by atoms with Gasteiger partial charge >= 0.3 is 0 Å². The van der Waals surface area contributed by atoms with Crippen LogP contribution in [0.3, 0.4) is 0 Å². The lowest BCUT2D eigenvalue weighted by molar-refractivity contribution is 0.428. The van der Waals surface area contributed by atoms with E-state index in [-0.39, 0.29) is 5.75 Å². The first-order valence-corrected chi connectivity index (χ1v) is 6.52. The third kappa shape index (κ3) is 2.48. The Labute approximate surface area is 114 Å². The number of halogens is 1. The Bertz CT molecular complexity index is 538. The van der Waals surface area contributed by atoms with Crippen molar-refractivity contribution in [2.24, 2.45) is 0 Å². The van der Waals surface area contributed by atoms with Crippen LogP contribution in [0.5, 0.6) is 5.75 Å². The Morgan fingerprint density at radius 1 is 1.33 bits per heavy atom. The minimum absolute atomic E-state index is 0.148. The maximum absolute atomic E-state index is 9.62. The van der Waals surface area contributed by atoms with Crippen LogP contribution in [-0.2, 0) is 0 Å². The van der Waals surface area contributed by atoms with Gasteiger partial charge in [-0.1, -0.05) is 0 Å². The zero-order valence-corrected chi connectivity index (χ0v) is 11.8. The van der Waals surface area contributed by atoms with Gasteiger partial charge in [0.1, 0.15) is 5.75 Å². The van der Waals surface area contributed by atoms with Crippen LogP contribution < -0.4 is 4.90 Å². The van der Waals surface area contributed by atoms with Gasteiger partial charge in [0.25, 0.3) is 11.8 Å². The van der Waals surface area contributed by atoms with E-state index in [1.807, 2.05) is 24.8 Å². The highest BCUT2D eigenvalue weighted by atomic mass is 79.9. The molecule has 18 heavy (non-hydrogen) atoms. The summed E-state index contributed by atoms with van der Waals surface area (Å²) < 4.78 is 5.84. The highest BCUT2D eigenvalue weighted by molar-refractivity contribution is 9.10. The fourth-order valence-electron chi connectivity index (χ4n) is 1.61. The molecule has 0 aliphatic rings. The second kappa shape index (κ2) is 5.39. The second-order valence-electron chi connectivity index (χ2n) is 3.74. The summed E-state index contributed by atoms with van der Waals surface area (Å²) in [6, 6.07) is 5.14. The summed E-state index contributed by atoms with van der Waals surface area (Å²) in [5.41, 5.74) is 0.696. The SMILES string of the molecule is CCN(CC)c1noc(-c2ccc(Br)c(O)c2)n1. The van der Waals surface area contributed by atoms with Gasteiger partial charge in [-0.3, -0.25) is 0 Å². The Morgan fingerprint density at radius 2 is 2.06 bits per heavy atom. The maximum atomic E-state index is 9.62. The van der Waals surface area contributed by atoms with Gasteiger partial charge in [0.15, 0.2) is 0 Å². The van der Waals surface area contributed by atoms with E-state index in [1.165, 1.54) is 0 Å². The zero-order valence-electron chi connectivity index (χ0n) is 10.2. The smallest absolute Gasteiger partial charge is 0.266 e. The first kappa shape index (κ1) is 12.9. The topological polar surface area (TPSA) is 62.4 Å². The number of benzene rings is 1. The van der Waals surface area contributed by atoms with Crippen molar-refractivity contribution < 1.29 is 9.63 Å². The molecule has 2 rings (SSSR count). The fourth-order valence-corrected chi connectivity index (χ4v) is 1.86. The molecule has 5 nitrogen and oxygen atoms in total. The van der Waals surface area contributed by atoms with Gasteiger partial charge in [0.05, 0.1) is 4.47 Å². The number of hydrogen-bond donors (Lipinski definition) is 1. The number of nitrogens with zero attached hydrogens (tertiary/aromatic N) is 3. The molecule has 0 aliphatic heterocycles. The van der Waals surface area contributed by atoms with E-state index in [9.17, 15) is 5.11 Å². The van der Waals surface area contributed by atoms with Gasteiger partial charge in [-0.15, -0.1) is 0 Å². The van der Waals surface area contributed by atoms with E-state index in [1.54, 1.807) is 12.1 Å². The van der Waals surface area contributed by atoms with E-state index >= 15 is 0 Å². The molecule has 2 aromatic rings. The first-order chi connectivity index (χ1) is 8.65. The average molecular weight is 312 g/mol. The molecule has 0 spiro atoms. The van der Waals surface area contributed by atoms with Crippen molar-refractivity contribution in [2.75, 3.05) is 18.0 Å². The Morgan fingerprint density at radius 3 is 2.67 bits per heavy atom. The van der Waals surface area contributed by atoms with Crippen LogP contribution in [-0.4, -0.2) is 28.3 Å². The molecule has 0 amide bonds. The zero-order chi connectivity index (χ0) is 13.1. The molecule has 0 aliphatic carbocycles. The van der Waals surface area contributed by atoms with E-state index in [0.717, 1.165) is 13.1 Å². The molecular formula is C12H14BrN3O2. The molecule has 96 valence electrons. The van der Waals surface area contributed by atoms with Crippen molar-refractivity contribution in [3.05, 3.63) is 22.7 Å². The third-order valence-corrected chi connectivity index (χ3v) is 3.33. The van der Waals surface area contributed by atoms with Gasteiger partial charge in [-0.25, -0.2) is 0 Å². The van der Waals surface area contributed by atoms with E-state index in [4.69, 9.17) is 4.52 Å². The van der Waals surface area contributed by atoms with Crippen molar-refractivity contribution in [3.8, 4) is 17.2 Å². The summed E-state index contributed by atoms with van der Waals surface area (Å²) in [5.74, 6) is 1.12. The molecule has 0 atom stereocenters. The highest BCUT2D eigenvalue weighted by Gasteiger charge is 2.13. The first-order valence-electron chi connectivity index (χ1n) is 5.73. The van der Waals surface area contributed by atoms with Crippen LogP contribution >= 0.6 is 15.9 Å². The van der Waals surface area contributed by atoms with E-state index < -0.39 is 0 Å². The lowest BCUT2D eigenvalue weighted by Crippen LogP contribution is -2.22. The maximum Gasteiger partial charge on any atom is 0.266 e. The van der Waals surface area contributed by atoms with Crippen molar-refractivity contribution in [2.45, 2.75) is 13.8 Å². The summed E-state index contributed by atoms with van der Waals surface area (Å²) >= 11 is 3.23. The Hall–Kier alpha value is -1.56. The Balaban J connectivity index is 2.31.